The number of sulfonamides is 1. The topological polar surface area (TPSA) is 124 Å². The van der Waals surface area contributed by atoms with Gasteiger partial charge in [0.15, 0.2) is 11.5 Å². The summed E-state index contributed by atoms with van der Waals surface area (Å²) >= 11 is 12.7. The van der Waals surface area contributed by atoms with E-state index in [2.05, 4.69) is 5.32 Å². The minimum Gasteiger partial charge on any atom is -0.497 e. The van der Waals surface area contributed by atoms with Gasteiger partial charge in [-0.3, -0.25) is 13.9 Å². The molecular formula is C40H45Cl2N3O8S. The van der Waals surface area contributed by atoms with Crippen molar-refractivity contribution in [3.63, 3.8) is 0 Å². The fraction of sp³-hybridized carbons (Fsp3) is 0.350. The number of carbonyl (C=O) groups is 2. The predicted octanol–water partition coefficient (Wildman–Crippen LogP) is 7.31. The standard InChI is InChI=1S/C40H45Cl2N3O8S/c1-50-30-16-19-36(51-2)34(23-30)45(54(48,49)31-17-20-37(52-3)38(24-31)53-4)26-39(46)44(25-28-15-18-32(41)33(42)21-28)35(22-27-11-7-5-8-12-27)40(47)43-29-13-9-6-10-14-29/h5,7-8,11-12,15-21,23-24,29,35H,6,9-10,13-14,22,25-26H2,1-4H3,(H,43,47)/t35-/m1/s1. The summed E-state index contributed by atoms with van der Waals surface area (Å²) < 4.78 is 52.4. The first-order valence-corrected chi connectivity index (χ1v) is 19.7. The highest BCUT2D eigenvalue weighted by atomic mass is 35.5. The first kappa shape index (κ1) is 40.5. The van der Waals surface area contributed by atoms with Gasteiger partial charge in [0.05, 0.1) is 49.1 Å². The molecule has 1 aliphatic carbocycles. The van der Waals surface area contributed by atoms with E-state index in [-0.39, 0.29) is 52.0 Å². The van der Waals surface area contributed by atoms with E-state index in [9.17, 15) is 13.2 Å². The molecular weight excluding hydrogens is 753 g/mol. The van der Waals surface area contributed by atoms with Gasteiger partial charge in [-0.15, -0.1) is 0 Å². The summed E-state index contributed by atoms with van der Waals surface area (Å²) in [5.74, 6) is -0.0153. The van der Waals surface area contributed by atoms with E-state index < -0.39 is 28.5 Å². The second kappa shape index (κ2) is 18.6. The van der Waals surface area contributed by atoms with Crippen LogP contribution in [-0.2, 0) is 32.6 Å². The van der Waals surface area contributed by atoms with Crippen LogP contribution >= 0.6 is 23.2 Å². The minimum atomic E-state index is -4.53. The molecule has 5 rings (SSSR count). The SMILES string of the molecule is COc1ccc(OC)c(N(CC(=O)N(Cc2ccc(Cl)c(Cl)c2)[C@H](Cc2ccccc2)C(=O)NC2CCCCC2)S(=O)(=O)c2ccc(OC)c(OC)c2)c1. The largest absolute Gasteiger partial charge is 0.497 e. The van der Waals surface area contributed by atoms with Crippen molar-refractivity contribution in [3.05, 3.63) is 106 Å². The highest BCUT2D eigenvalue weighted by Gasteiger charge is 2.37. The van der Waals surface area contributed by atoms with Gasteiger partial charge >= 0.3 is 0 Å². The molecule has 0 spiro atoms. The normalized spacial score (nSPS) is 13.7. The van der Waals surface area contributed by atoms with E-state index in [4.69, 9.17) is 42.1 Å². The molecule has 0 aromatic heterocycles. The van der Waals surface area contributed by atoms with Crippen LogP contribution in [-0.4, -0.2) is 72.2 Å². The van der Waals surface area contributed by atoms with E-state index >= 15 is 4.79 Å². The number of methoxy groups -OCH3 is 4. The number of carbonyl (C=O) groups excluding carboxylic acids is 2. The fourth-order valence-corrected chi connectivity index (χ4v) is 8.30. The van der Waals surface area contributed by atoms with Crippen molar-refractivity contribution in [2.24, 2.45) is 0 Å². The number of amides is 2. The molecule has 0 saturated heterocycles. The molecule has 1 aliphatic rings. The quantitative estimate of drug-likeness (QED) is 0.125. The molecule has 4 aromatic rings. The van der Waals surface area contributed by atoms with Crippen LogP contribution in [0.3, 0.4) is 0 Å². The lowest BCUT2D eigenvalue weighted by molar-refractivity contribution is -0.140. The van der Waals surface area contributed by atoms with Crippen molar-refractivity contribution in [2.75, 3.05) is 39.3 Å². The van der Waals surface area contributed by atoms with E-state index in [1.165, 1.54) is 57.6 Å². The van der Waals surface area contributed by atoms with Gasteiger partial charge in [-0.25, -0.2) is 8.42 Å². The Hall–Kier alpha value is -4.65. The fourth-order valence-electron chi connectivity index (χ4n) is 6.54. The average molecular weight is 799 g/mol. The summed E-state index contributed by atoms with van der Waals surface area (Å²) in [6.07, 6.45) is 4.91. The third-order valence-electron chi connectivity index (χ3n) is 9.44. The van der Waals surface area contributed by atoms with Crippen LogP contribution < -0.4 is 28.6 Å². The second-order valence-electron chi connectivity index (χ2n) is 12.9. The van der Waals surface area contributed by atoms with Crippen LogP contribution in [0.25, 0.3) is 0 Å². The molecule has 4 aromatic carbocycles. The van der Waals surface area contributed by atoms with E-state index in [1.807, 2.05) is 30.3 Å². The van der Waals surface area contributed by atoms with Crippen molar-refractivity contribution in [1.82, 2.24) is 10.2 Å². The Kier molecular flexibility index (Phi) is 14.0. The Morgan fingerprint density at radius 3 is 2.09 bits per heavy atom. The number of nitrogens with zero attached hydrogens (tertiary/aromatic N) is 2. The summed E-state index contributed by atoms with van der Waals surface area (Å²) in [5, 5.41) is 3.80. The highest BCUT2D eigenvalue weighted by Crippen LogP contribution is 2.38. The lowest BCUT2D eigenvalue weighted by atomic mass is 9.94. The number of benzene rings is 4. The first-order chi connectivity index (χ1) is 26.0. The Bertz CT molecular complexity index is 2030. The zero-order valence-corrected chi connectivity index (χ0v) is 33.0. The Balaban J connectivity index is 1.65. The number of anilines is 1. The molecule has 1 fully saturated rings. The summed E-state index contributed by atoms with van der Waals surface area (Å²) in [6.45, 7) is -0.797. The van der Waals surface area contributed by atoms with Crippen LogP contribution in [0.5, 0.6) is 23.0 Å². The molecule has 288 valence electrons. The molecule has 0 heterocycles. The van der Waals surface area contributed by atoms with Crippen molar-refractivity contribution >= 4 is 50.7 Å². The molecule has 11 nitrogen and oxygen atoms in total. The number of nitrogens with one attached hydrogen (secondary N) is 1. The number of halogens is 2. The van der Waals surface area contributed by atoms with Crippen LogP contribution in [0, 0.1) is 0 Å². The summed E-state index contributed by atoms with van der Waals surface area (Å²) in [7, 11) is 1.15. The number of hydrogen-bond acceptors (Lipinski definition) is 8. The molecule has 1 N–H and O–H groups in total. The maximum atomic E-state index is 15.0. The monoisotopic (exact) mass is 797 g/mol. The third-order valence-corrected chi connectivity index (χ3v) is 11.9. The second-order valence-corrected chi connectivity index (χ2v) is 15.6. The van der Waals surface area contributed by atoms with E-state index in [0.29, 0.717) is 22.1 Å². The van der Waals surface area contributed by atoms with Gasteiger partial charge in [-0.2, -0.15) is 0 Å². The smallest absolute Gasteiger partial charge is 0.265 e. The summed E-state index contributed by atoms with van der Waals surface area (Å²) in [6, 6.07) is 22.1. The molecule has 2 amide bonds. The maximum absolute atomic E-state index is 15.0. The van der Waals surface area contributed by atoms with Gasteiger partial charge in [-0.1, -0.05) is 78.9 Å². The first-order valence-electron chi connectivity index (χ1n) is 17.5. The molecule has 0 unspecified atom stereocenters. The van der Waals surface area contributed by atoms with Gasteiger partial charge in [0.2, 0.25) is 11.8 Å². The van der Waals surface area contributed by atoms with E-state index in [0.717, 1.165) is 42.0 Å². The molecule has 1 atom stereocenters. The van der Waals surface area contributed by atoms with Gasteiger partial charge in [0.25, 0.3) is 10.0 Å². The molecule has 1 saturated carbocycles. The van der Waals surface area contributed by atoms with Gasteiger partial charge in [0.1, 0.15) is 24.1 Å². The summed E-state index contributed by atoms with van der Waals surface area (Å²) in [4.78, 5) is 30.7. The van der Waals surface area contributed by atoms with Crippen molar-refractivity contribution < 1.29 is 37.0 Å². The Morgan fingerprint density at radius 1 is 0.759 bits per heavy atom. The zero-order valence-electron chi connectivity index (χ0n) is 30.7. The lowest BCUT2D eigenvalue weighted by Crippen LogP contribution is -2.55. The highest BCUT2D eigenvalue weighted by molar-refractivity contribution is 7.92. The molecule has 0 bridgehead atoms. The Morgan fingerprint density at radius 2 is 1.44 bits per heavy atom. The molecule has 0 aliphatic heterocycles. The lowest BCUT2D eigenvalue weighted by Gasteiger charge is -2.35. The van der Waals surface area contributed by atoms with E-state index in [1.54, 1.807) is 30.3 Å². The maximum Gasteiger partial charge on any atom is 0.265 e. The van der Waals surface area contributed by atoms with Crippen molar-refractivity contribution in [2.45, 2.75) is 62.0 Å². The minimum absolute atomic E-state index is 0.0424. The molecule has 0 radical (unpaired) electrons. The van der Waals surface area contributed by atoms with Gasteiger partial charge in [-0.05, 0) is 60.4 Å². The van der Waals surface area contributed by atoms with Crippen molar-refractivity contribution in [1.29, 1.82) is 0 Å². The molecule has 14 heteroatoms. The zero-order chi connectivity index (χ0) is 38.8. The summed E-state index contributed by atoms with van der Waals surface area (Å²) in [5.41, 5.74) is 1.45. The number of ether oxygens (including phenoxy) is 4. The van der Waals surface area contributed by atoms with Crippen LogP contribution in [0.4, 0.5) is 5.69 Å². The Labute approximate surface area is 327 Å². The van der Waals surface area contributed by atoms with Crippen LogP contribution in [0.2, 0.25) is 10.0 Å². The average Bonchev–Trinajstić information content (AvgIpc) is 3.19. The third kappa shape index (κ3) is 9.71. The van der Waals surface area contributed by atoms with Crippen LogP contribution in [0.15, 0.2) is 89.8 Å². The number of hydrogen-bond donors (Lipinski definition) is 1. The van der Waals surface area contributed by atoms with Crippen molar-refractivity contribution in [3.8, 4) is 23.0 Å². The number of rotatable bonds is 16. The van der Waals surface area contributed by atoms with Crippen LogP contribution in [0.1, 0.15) is 43.2 Å². The van der Waals surface area contributed by atoms with Gasteiger partial charge < -0.3 is 29.2 Å². The van der Waals surface area contributed by atoms with Gasteiger partial charge in [0, 0.05) is 31.1 Å². The predicted molar refractivity (Wildman–Crippen MR) is 210 cm³/mol. The molecule has 54 heavy (non-hydrogen) atoms.